The van der Waals surface area contributed by atoms with Crippen molar-refractivity contribution in [2.75, 3.05) is 27.3 Å². The third-order valence-corrected chi connectivity index (χ3v) is 6.44. The minimum atomic E-state index is -0.146. The predicted molar refractivity (Wildman–Crippen MR) is 138 cm³/mol. The summed E-state index contributed by atoms with van der Waals surface area (Å²) in [7, 11) is 3.12. The van der Waals surface area contributed by atoms with E-state index >= 15 is 0 Å². The fourth-order valence-electron chi connectivity index (χ4n) is 4.24. The van der Waals surface area contributed by atoms with Gasteiger partial charge in [0.25, 0.3) is 5.91 Å². The van der Waals surface area contributed by atoms with Crippen molar-refractivity contribution in [3.63, 3.8) is 0 Å². The van der Waals surface area contributed by atoms with Gasteiger partial charge in [0.05, 0.1) is 14.2 Å². The van der Waals surface area contributed by atoms with E-state index in [2.05, 4.69) is 22.3 Å². The SMILES string of the molecule is COc1cc(C(=O)NC2CCN(Cc3ccc(Cl)cc3)CC2)cc(OC)c1OCc1ccccc1. The molecular formula is C28H31ClN2O4. The second kappa shape index (κ2) is 12.0. The van der Waals surface area contributed by atoms with Crippen LogP contribution in [0, 0.1) is 0 Å². The zero-order valence-electron chi connectivity index (χ0n) is 20.1. The van der Waals surface area contributed by atoms with E-state index in [1.807, 2.05) is 42.5 Å². The van der Waals surface area contributed by atoms with Gasteiger partial charge in [0.1, 0.15) is 6.61 Å². The molecule has 184 valence electrons. The molecule has 0 spiro atoms. The Hall–Kier alpha value is -3.22. The van der Waals surface area contributed by atoms with Gasteiger partial charge in [0.15, 0.2) is 11.5 Å². The largest absolute Gasteiger partial charge is 0.493 e. The highest BCUT2D eigenvalue weighted by molar-refractivity contribution is 6.30. The van der Waals surface area contributed by atoms with Crippen LogP contribution in [0.1, 0.15) is 34.3 Å². The maximum absolute atomic E-state index is 13.1. The number of hydrogen-bond donors (Lipinski definition) is 1. The highest BCUT2D eigenvalue weighted by Crippen LogP contribution is 2.39. The van der Waals surface area contributed by atoms with Crippen LogP contribution in [0.15, 0.2) is 66.7 Å². The van der Waals surface area contributed by atoms with E-state index in [1.165, 1.54) is 5.56 Å². The first-order valence-electron chi connectivity index (χ1n) is 11.8. The van der Waals surface area contributed by atoms with E-state index < -0.39 is 0 Å². The normalized spacial score (nSPS) is 14.4. The maximum Gasteiger partial charge on any atom is 0.251 e. The summed E-state index contributed by atoms with van der Waals surface area (Å²) in [5, 5.41) is 3.92. The van der Waals surface area contributed by atoms with Gasteiger partial charge in [0, 0.05) is 36.3 Å². The molecule has 0 saturated carbocycles. The number of carbonyl (C=O) groups excluding carboxylic acids is 1. The number of nitrogens with zero attached hydrogens (tertiary/aromatic N) is 1. The molecule has 7 heteroatoms. The molecule has 1 amide bonds. The van der Waals surface area contributed by atoms with E-state index in [9.17, 15) is 4.79 Å². The molecule has 1 aliphatic heterocycles. The highest BCUT2D eigenvalue weighted by Gasteiger charge is 2.23. The maximum atomic E-state index is 13.1. The average Bonchev–Trinajstić information content (AvgIpc) is 2.90. The highest BCUT2D eigenvalue weighted by atomic mass is 35.5. The molecule has 0 radical (unpaired) electrons. The number of nitrogens with one attached hydrogen (secondary N) is 1. The number of piperidine rings is 1. The van der Waals surface area contributed by atoms with Crippen LogP contribution in [0.25, 0.3) is 0 Å². The summed E-state index contributed by atoms with van der Waals surface area (Å²) < 4.78 is 17.1. The van der Waals surface area contributed by atoms with Gasteiger partial charge in [0.2, 0.25) is 5.75 Å². The van der Waals surface area contributed by atoms with Crippen LogP contribution in [-0.2, 0) is 13.2 Å². The lowest BCUT2D eigenvalue weighted by Crippen LogP contribution is -2.44. The standard InChI is InChI=1S/C28H31ClN2O4/c1-33-25-16-22(17-26(34-2)27(25)35-19-21-6-4-3-5-7-21)28(32)30-24-12-14-31(15-13-24)18-20-8-10-23(29)11-9-20/h3-11,16-17,24H,12-15,18-19H2,1-2H3,(H,30,32). The molecule has 0 atom stereocenters. The second-order valence-corrected chi connectivity index (χ2v) is 9.07. The summed E-state index contributed by atoms with van der Waals surface area (Å²) in [5.74, 6) is 1.25. The van der Waals surface area contributed by atoms with Crippen molar-refractivity contribution in [2.45, 2.75) is 32.0 Å². The number of ether oxygens (including phenoxy) is 3. The molecule has 1 saturated heterocycles. The molecule has 0 aromatic heterocycles. The monoisotopic (exact) mass is 494 g/mol. The van der Waals surface area contributed by atoms with Crippen LogP contribution in [0.3, 0.4) is 0 Å². The number of hydrogen-bond acceptors (Lipinski definition) is 5. The predicted octanol–water partition coefficient (Wildman–Crippen LogP) is 5.33. The molecule has 1 heterocycles. The van der Waals surface area contributed by atoms with Gasteiger partial charge in [-0.15, -0.1) is 0 Å². The first-order valence-corrected chi connectivity index (χ1v) is 12.1. The lowest BCUT2D eigenvalue weighted by molar-refractivity contribution is 0.0908. The van der Waals surface area contributed by atoms with Crippen molar-refractivity contribution in [3.8, 4) is 17.2 Å². The van der Waals surface area contributed by atoms with Crippen LogP contribution >= 0.6 is 11.6 Å². The van der Waals surface area contributed by atoms with E-state index in [4.69, 9.17) is 25.8 Å². The average molecular weight is 495 g/mol. The lowest BCUT2D eigenvalue weighted by atomic mass is 10.0. The molecule has 6 nitrogen and oxygen atoms in total. The molecule has 4 rings (SSSR count). The van der Waals surface area contributed by atoms with Crippen LogP contribution in [0.4, 0.5) is 0 Å². The Labute approximate surface area is 211 Å². The van der Waals surface area contributed by atoms with Crippen molar-refractivity contribution in [1.82, 2.24) is 10.2 Å². The van der Waals surface area contributed by atoms with Gasteiger partial charge in [-0.25, -0.2) is 0 Å². The molecule has 3 aromatic rings. The Balaban J connectivity index is 1.36. The summed E-state index contributed by atoms with van der Waals surface area (Å²) in [6, 6.07) is 21.3. The smallest absolute Gasteiger partial charge is 0.251 e. The third kappa shape index (κ3) is 6.68. The van der Waals surface area contributed by atoms with Gasteiger partial charge in [-0.1, -0.05) is 54.1 Å². The first kappa shape index (κ1) is 24.9. The van der Waals surface area contributed by atoms with Gasteiger partial charge in [-0.2, -0.15) is 0 Å². The molecule has 1 aliphatic rings. The molecule has 1 fully saturated rings. The van der Waals surface area contributed by atoms with Crippen molar-refractivity contribution in [1.29, 1.82) is 0 Å². The van der Waals surface area contributed by atoms with Gasteiger partial charge in [-0.05, 0) is 48.2 Å². The topological polar surface area (TPSA) is 60.0 Å². The first-order chi connectivity index (χ1) is 17.1. The summed E-state index contributed by atoms with van der Waals surface area (Å²) >= 11 is 5.98. The molecule has 0 aliphatic carbocycles. The summed E-state index contributed by atoms with van der Waals surface area (Å²) in [6.45, 7) is 3.10. The second-order valence-electron chi connectivity index (χ2n) is 8.63. The third-order valence-electron chi connectivity index (χ3n) is 6.19. The zero-order chi connectivity index (χ0) is 24.6. The molecule has 0 bridgehead atoms. The molecule has 3 aromatic carbocycles. The van der Waals surface area contributed by atoms with Gasteiger partial charge in [-0.3, -0.25) is 9.69 Å². The van der Waals surface area contributed by atoms with E-state index in [0.29, 0.717) is 29.4 Å². The van der Waals surface area contributed by atoms with Crippen molar-refractivity contribution in [2.24, 2.45) is 0 Å². The Kier molecular flexibility index (Phi) is 8.50. The molecule has 1 N–H and O–H groups in total. The number of methoxy groups -OCH3 is 2. The number of likely N-dealkylation sites (tertiary alicyclic amines) is 1. The number of rotatable bonds is 9. The Morgan fingerprint density at radius 1 is 0.943 bits per heavy atom. The summed E-state index contributed by atoms with van der Waals surface area (Å²) in [5.41, 5.74) is 2.75. The van der Waals surface area contributed by atoms with Crippen molar-refractivity contribution < 1.29 is 19.0 Å². The Morgan fingerprint density at radius 2 is 1.57 bits per heavy atom. The zero-order valence-corrected chi connectivity index (χ0v) is 20.9. The number of halogens is 1. The Morgan fingerprint density at radius 3 is 2.17 bits per heavy atom. The summed E-state index contributed by atoms with van der Waals surface area (Å²) in [6.07, 6.45) is 1.79. The lowest BCUT2D eigenvalue weighted by Gasteiger charge is -2.32. The van der Waals surface area contributed by atoms with Crippen LogP contribution in [0.5, 0.6) is 17.2 Å². The fourth-order valence-corrected chi connectivity index (χ4v) is 4.36. The van der Waals surface area contributed by atoms with Crippen molar-refractivity contribution >= 4 is 17.5 Å². The minimum Gasteiger partial charge on any atom is -0.493 e. The fraction of sp³-hybridized carbons (Fsp3) is 0.321. The van der Waals surface area contributed by atoms with E-state index in [-0.39, 0.29) is 11.9 Å². The molecule has 35 heavy (non-hydrogen) atoms. The summed E-state index contributed by atoms with van der Waals surface area (Å²) in [4.78, 5) is 15.5. The van der Waals surface area contributed by atoms with E-state index in [1.54, 1.807) is 26.4 Å². The quantitative estimate of drug-likeness (QED) is 0.435. The van der Waals surface area contributed by atoms with Crippen LogP contribution in [-0.4, -0.2) is 44.2 Å². The van der Waals surface area contributed by atoms with Crippen LogP contribution in [0.2, 0.25) is 5.02 Å². The van der Waals surface area contributed by atoms with Crippen LogP contribution < -0.4 is 19.5 Å². The molecule has 0 unspecified atom stereocenters. The minimum absolute atomic E-state index is 0.120. The number of amides is 1. The number of benzene rings is 3. The van der Waals surface area contributed by atoms with Gasteiger partial charge < -0.3 is 19.5 Å². The van der Waals surface area contributed by atoms with Crippen molar-refractivity contribution in [3.05, 3.63) is 88.4 Å². The number of carbonyl (C=O) groups is 1. The molecular weight excluding hydrogens is 464 g/mol. The Bertz CT molecular complexity index is 1090. The van der Waals surface area contributed by atoms with Gasteiger partial charge >= 0.3 is 0 Å². The van der Waals surface area contributed by atoms with E-state index in [0.717, 1.165) is 43.1 Å².